The Kier molecular flexibility index (Phi) is 9.32. The minimum Gasteiger partial charge on any atom is -0.496 e. The molecule has 0 spiro atoms. The normalized spacial score (nSPS) is 14.6. The van der Waals surface area contributed by atoms with Crippen LogP contribution in [-0.4, -0.2) is 49.3 Å². The van der Waals surface area contributed by atoms with Crippen molar-refractivity contribution in [3.8, 4) is 5.75 Å². The van der Waals surface area contributed by atoms with Crippen LogP contribution in [-0.2, 0) is 15.9 Å². The third kappa shape index (κ3) is 7.00. The van der Waals surface area contributed by atoms with E-state index in [0.29, 0.717) is 34.7 Å². The van der Waals surface area contributed by atoms with Gasteiger partial charge in [-0.2, -0.15) is 0 Å². The Hall–Kier alpha value is -3.66. The van der Waals surface area contributed by atoms with E-state index in [4.69, 9.17) is 14.2 Å². The van der Waals surface area contributed by atoms with E-state index in [2.05, 4.69) is 15.6 Å². The van der Waals surface area contributed by atoms with E-state index >= 15 is 0 Å². The molecule has 0 saturated heterocycles. The maximum atomic E-state index is 13.3. The summed E-state index contributed by atoms with van der Waals surface area (Å²) in [5.41, 5.74) is 2.85. The molecule has 2 N–H and O–H groups in total. The third-order valence-electron chi connectivity index (χ3n) is 5.75. The summed E-state index contributed by atoms with van der Waals surface area (Å²) >= 11 is 1.36. The number of ether oxygens (including phenoxy) is 3. The quantitative estimate of drug-likeness (QED) is 0.333. The van der Waals surface area contributed by atoms with Gasteiger partial charge in [0.15, 0.2) is 0 Å². The van der Waals surface area contributed by atoms with Crippen LogP contribution in [0.5, 0.6) is 5.75 Å². The Morgan fingerprint density at radius 1 is 1.16 bits per heavy atom. The van der Waals surface area contributed by atoms with Crippen LogP contribution in [0.2, 0.25) is 0 Å². The van der Waals surface area contributed by atoms with E-state index < -0.39 is 17.7 Å². The van der Waals surface area contributed by atoms with Crippen LogP contribution in [0.15, 0.2) is 30.0 Å². The lowest BCUT2D eigenvalue weighted by Gasteiger charge is -2.19. The predicted octanol–water partition coefficient (Wildman–Crippen LogP) is 5.15. The van der Waals surface area contributed by atoms with Crippen molar-refractivity contribution in [3.05, 3.63) is 62.3 Å². The number of aryl methyl sites for hydroxylation is 2. The number of carbonyl (C=O) groups is 3. The highest BCUT2D eigenvalue weighted by molar-refractivity contribution is 7.13. The molecule has 1 aromatic heterocycles. The van der Waals surface area contributed by atoms with E-state index in [1.807, 2.05) is 32.1 Å². The molecule has 1 aromatic carbocycles. The second-order valence-electron chi connectivity index (χ2n) is 9.73. The minimum absolute atomic E-state index is 0.223. The van der Waals surface area contributed by atoms with E-state index in [-0.39, 0.29) is 18.4 Å². The maximum Gasteiger partial charge on any atom is 0.407 e. The SMILES string of the molecule is CCc1nc(C)sc1C(=O)NC1=Cc2cc(C(=O)OC)cc(OC)c2C1C/C=C/CNC(=O)OC(C)(C)C. The number of hydrogen-bond acceptors (Lipinski definition) is 8. The van der Waals surface area contributed by atoms with Crippen LogP contribution in [0.3, 0.4) is 0 Å². The first kappa shape index (κ1) is 28.9. The summed E-state index contributed by atoms with van der Waals surface area (Å²) < 4.78 is 15.8. The molecule has 3 rings (SSSR count). The summed E-state index contributed by atoms with van der Waals surface area (Å²) in [6.45, 7) is 9.55. The standard InChI is InChI=1S/C28H35N3O6S/c1-8-20-24(38-16(2)30-20)25(32)31-21-14-17-13-18(26(33)36-7)15-22(35-6)23(17)19(21)11-9-10-12-29-27(34)37-28(3,4)5/h9-10,13-15,19H,8,11-12H2,1-7H3,(H,29,34)(H,31,32)/b10-9+. The zero-order chi connectivity index (χ0) is 28.0. The lowest BCUT2D eigenvalue weighted by atomic mass is 9.93. The summed E-state index contributed by atoms with van der Waals surface area (Å²) in [6.07, 6.45) is 6.30. The highest BCUT2D eigenvalue weighted by Gasteiger charge is 2.31. The molecule has 1 unspecified atom stereocenters. The number of aromatic nitrogens is 1. The van der Waals surface area contributed by atoms with E-state index in [1.54, 1.807) is 40.0 Å². The van der Waals surface area contributed by atoms with Crippen LogP contribution in [0, 0.1) is 6.92 Å². The second-order valence-corrected chi connectivity index (χ2v) is 10.9. The number of methoxy groups -OCH3 is 2. The van der Waals surface area contributed by atoms with Crippen LogP contribution >= 0.6 is 11.3 Å². The van der Waals surface area contributed by atoms with Crippen LogP contribution in [0.4, 0.5) is 4.79 Å². The van der Waals surface area contributed by atoms with Gasteiger partial charge in [0.05, 0.1) is 30.5 Å². The zero-order valence-electron chi connectivity index (χ0n) is 22.9. The Morgan fingerprint density at radius 2 is 1.89 bits per heavy atom. The van der Waals surface area contributed by atoms with Gasteiger partial charge in [0, 0.05) is 23.7 Å². The fourth-order valence-corrected chi connectivity index (χ4v) is 5.09. The molecule has 10 heteroatoms. The summed E-state index contributed by atoms with van der Waals surface area (Å²) in [5.74, 6) is -0.419. The molecule has 2 aromatic rings. The molecule has 0 bridgehead atoms. The first-order chi connectivity index (χ1) is 18.0. The number of nitrogens with zero attached hydrogens (tertiary/aromatic N) is 1. The first-order valence-corrected chi connectivity index (χ1v) is 13.2. The first-order valence-electron chi connectivity index (χ1n) is 12.4. The van der Waals surface area contributed by atoms with Gasteiger partial charge >= 0.3 is 12.1 Å². The topological polar surface area (TPSA) is 116 Å². The molecule has 0 fully saturated rings. The summed E-state index contributed by atoms with van der Waals surface area (Å²) in [6, 6.07) is 3.38. The Bertz CT molecular complexity index is 1270. The van der Waals surface area contributed by atoms with Crippen molar-refractivity contribution in [2.45, 2.75) is 59.0 Å². The van der Waals surface area contributed by atoms with Gasteiger partial charge in [-0.3, -0.25) is 4.79 Å². The number of alkyl carbamates (subject to hydrolysis) is 1. The highest BCUT2D eigenvalue weighted by Crippen LogP contribution is 2.44. The van der Waals surface area contributed by atoms with Gasteiger partial charge in [-0.15, -0.1) is 11.3 Å². The molecule has 1 atom stereocenters. The van der Waals surface area contributed by atoms with Crippen molar-refractivity contribution in [2.75, 3.05) is 20.8 Å². The van der Waals surface area contributed by atoms with Gasteiger partial charge in [0.2, 0.25) is 0 Å². The van der Waals surface area contributed by atoms with E-state index in [9.17, 15) is 14.4 Å². The van der Waals surface area contributed by atoms with Crippen molar-refractivity contribution in [1.82, 2.24) is 15.6 Å². The summed E-state index contributed by atoms with van der Waals surface area (Å²) in [4.78, 5) is 42.5. The molecule has 0 aliphatic heterocycles. The number of thiazole rings is 1. The van der Waals surface area contributed by atoms with Crippen LogP contribution in [0.1, 0.15) is 81.9 Å². The number of amides is 2. The number of hydrogen-bond donors (Lipinski definition) is 2. The van der Waals surface area contributed by atoms with E-state index in [1.165, 1.54) is 18.4 Å². The lowest BCUT2D eigenvalue weighted by Crippen LogP contribution is -2.32. The lowest BCUT2D eigenvalue weighted by molar-refractivity contribution is 0.0532. The molecule has 204 valence electrons. The minimum atomic E-state index is -0.576. The molecule has 1 heterocycles. The molecular formula is C28H35N3O6S. The average Bonchev–Trinajstić information content (AvgIpc) is 3.41. The smallest absolute Gasteiger partial charge is 0.407 e. The van der Waals surface area contributed by atoms with Crippen molar-refractivity contribution in [1.29, 1.82) is 0 Å². The van der Waals surface area contributed by atoms with E-state index in [0.717, 1.165) is 21.8 Å². The number of esters is 1. The van der Waals surface area contributed by atoms with Gasteiger partial charge in [-0.25, -0.2) is 14.6 Å². The summed E-state index contributed by atoms with van der Waals surface area (Å²) in [5, 5.41) is 6.61. The monoisotopic (exact) mass is 541 g/mol. The van der Waals surface area contributed by atoms with Crippen molar-refractivity contribution in [3.63, 3.8) is 0 Å². The molecule has 9 nitrogen and oxygen atoms in total. The largest absolute Gasteiger partial charge is 0.496 e. The number of fused-ring (bicyclic) bond motifs is 1. The van der Waals surface area contributed by atoms with Crippen molar-refractivity contribution < 1.29 is 28.6 Å². The van der Waals surface area contributed by atoms with Crippen molar-refractivity contribution >= 4 is 35.4 Å². The van der Waals surface area contributed by atoms with Gasteiger partial charge in [0.25, 0.3) is 5.91 Å². The molecule has 38 heavy (non-hydrogen) atoms. The molecule has 0 saturated carbocycles. The number of carbonyl (C=O) groups excluding carboxylic acids is 3. The fourth-order valence-electron chi connectivity index (χ4n) is 4.18. The highest BCUT2D eigenvalue weighted by atomic mass is 32.1. The molecule has 2 amide bonds. The zero-order valence-corrected chi connectivity index (χ0v) is 23.7. The number of allylic oxidation sites excluding steroid dienone is 2. The Morgan fingerprint density at radius 3 is 2.53 bits per heavy atom. The summed E-state index contributed by atoms with van der Waals surface area (Å²) in [7, 11) is 2.86. The third-order valence-corrected chi connectivity index (χ3v) is 6.77. The van der Waals surface area contributed by atoms with Crippen LogP contribution in [0.25, 0.3) is 6.08 Å². The predicted molar refractivity (Wildman–Crippen MR) is 147 cm³/mol. The van der Waals surface area contributed by atoms with Crippen molar-refractivity contribution in [2.24, 2.45) is 0 Å². The van der Waals surface area contributed by atoms with Gasteiger partial charge in [-0.1, -0.05) is 19.1 Å². The number of benzene rings is 1. The molecule has 0 radical (unpaired) electrons. The number of nitrogens with one attached hydrogen (secondary N) is 2. The Labute approximate surface area is 227 Å². The molecule has 1 aliphatic carbocycles. The fraction of sp³-hybridized carbons (Fsp3) is 0.429. The molecule has 1 aliphatic rings. The Balaban J connectivity index is 1.86. The number of rotatable bonds is 9. The van der Waals surface area contributed by atoms with Gasteiger partial charge in [-0.05, 0) is 64.3 Å². The molecular weight excluding hydrogens is 506 g/mol. The average molecular weight is 542 g/mol. The maximum absolute atomic E-state index is 13.3. The van der Waals surface area contributed by atoms with Gasteiger partial charge in [0.1, 0.15) is 16.2 Å². The second kappa shape index (κ2) is 12.3. The van der Waals surface area contributed by atoms with Gasteiger partial charge < -0.3 is 24.8 Å². The van der Waals surface area contributed by atoms with Crippen LogP contribution < -0.4 is 15.4 Å².